The molecule has 0 heterocycles. The maximum atomic E-state index is 2.35. The maximum absolute atomic E-state index is 2.35. The molecule has 0 nitrogen and oxygen atoms in total. The van der Waals surface area contributed by atoms with Crippen LogP contribution in [0.3, 0.4) is 0 Å². The molecule has 0 bridgehead atoms. The zero-order valence-corrected chi connectivity index (χ0v) is 13.5. The van der Waals surface area contributed by atoms with E-state index in [4.69, 9.17) is 0 Å². The van der Waals surface area contributed by atoms with Crippen LogP contribution in [0.15, 0.2) is 0 Å². The third kappa shape index (κ3) is 11.6. The van der Waals surface area contributed by atoms with Gasteiger partial charge >= 0.3 is 95.4 Å². The molecule has 0 aliphatic carbocycles. The Labute approximate surface area is 94.6 Å². The second kappa shape index (κ2) is 9.15. The molecule has 0 radical (unpaired) electrons. The van der Waals surface area contributed by atoms with Gasteiger partial charge in [0.05, 0.1) is 0 Å². The van der Waals surface area contributed by atoms with Crippen LogP contribution in [-0.2, 0) is 0 Å². The Bertz CT molecular complexity index is 77.8. The monoisotopic (exact) mass is 402 g/mol. The van der Waals surface area contributed by atoms with E-state index in [9.17, 15) is 0 Å². The van der Waals surface area contributed by atoms with E-state index in [1.807, 2.05) is 0 Å². The van der Waals surface area contributed by atoms with E-state index in [1.165, 1.54) is 12.8 Å². The summed E-state index contributed by atoms with van der Waals surface area (Å²) in [4.78, 5) is 0. The summed E-state index contributed by atoms with van der Waals surface area (Å²) in [6, 6.07) is 0. The molecule has 2 heteroatoms. The summed E-state index contributed by atoms with van der Waals surface area (Å²) in [5.41, 5.74) is 0. The van der Waals surface area contributed by atoms with Crippen molar-refractivity contribution in [3.8, 4) is 0 Å². The molecule has 0 aromatic heterocycles. The average molecular weight is 397 g/mol. The van der Waals surface area contributed by atoms with Crippen molar-refractivity contribution in [2.75, 3.05) is 0 Å². The Morgan fingerprint density at radius 3 is 1.33 bits per heavy atom. The molecule has 12 heavy (non-hydrogen) atoms. The average Bonchev–Trinajstić information content (AvgIpc) is 1.95. The number of rotatable bonds is 7. The van der Waals surface area contributed by atoms with Crippen LogP contribution in [0.2, 0.25) is 8.94 Å². The molecule has 0 spiro atoms. The topological polar surface area (TPSA) is 0 Å². The first-order chi connectivity index (χ1) is 5.63. The molecule has 0 fully saturated rings. The van der Waals surface area contributed by atoms with Gasteiger partial charge in [0.2, 0.25) is 0 Å². The zero-order chi connectivity index (χ0) is 9.40. The van der Waals surface area contributed by atoms with E-state index < -0.39 is 0 Å². The molecule has 0 rings (SSSR count). The van der Waals surface area contributed by atoms with Gasteiger partial charge in [0.1, 0.15) is 0 Å². The Hall–Kier alpha value is 1.58. The summed E-state index contributed by atoms with van der Waals surface area (Å²) in [6.07, 6.45) is 3.02. The van der Waals surface area contributed by atoms with Crippen molar-refractivity contribution in [2.45, 2.75) is 49.5 Å². The van der Waals surface area contributed by atoms with Gasteiger partial charge in [0.15, 0.2) is 0 Å². The summed E-state index contributed by atoms with van der Waals surface area (Å²) in [5, 5.41) is 0. The summed E-state index contributed by atoms with van der Waals surface area (Å²) in [7, 11) is 0. The van der Waals surface area contributed by atoms with E-state index in [0.29, 0.717) is 34.1 Å². The van der Waals surface area contributed by atoms with E-state index in [-0.39, 0.29) is 0 Å². The van der Waals surface area contributed by atoms with Crippen LogP contribution in [0.25, 0.3) is 0 Å². The first-order valence-electron chi connectivity index (χ1n) is 4.87. The third-order valence-corrected chi connectivity index (χ3v) is 14.0. The molecule has 74 valence electrons. The van der Waals surface area contributed by atoms with Gasteiger partial charge < -0.3 is 0 Å². The normalized spacial score (nSPS) is 11.5. The minimum atomic E-state index is 0.527. The van der Waals surface area contributed by atoms with Crippen LogP contribution >= 0.6 is 0 Å². The van der Waals surface area contributed by atoms with Crippen molar-refractivity contribution in [1.29, 1.82) is 0 Å². The van der Waals surface area contributed by atoms with E-state index in [0.717, 1.165) is 11.8 Å². The predicted molar refractivity (Wildman–Crippen MR) is 60.0 cm³/mol. The van der Waals surface area contributed by atoms with Crippen LogP contribution in [0, 0.1) is 11.8 Å². The molecule has 0 aliphatic rings. The SMILES string of the molecule is CC(C)CC[Te][Te]CCC(C)C. The molecule has 0 N–H and O–H groups in total. The summed E-state index contributed by atoms with van der Waals surface area (Å²) >= 11 is 1.05. The van der Waals surface area contributed by atoms with Crippen LogP contribution < -0.4 is 0 Å². The second-order valence-corrected chi connectivity index (χ2v) is 16.7. The molecule has 0 amide bonds. The standard InChI is InChI=1S/C10H22Te2/c1-9(2)5-7-11-12-8-6-10(3)4/h9-10H,5-8H2,1-4H3. The summed E-state index contributed by atoms with van der Waals surface area (Å²) in [6.45, 7) is 9.40. The van der Waals surface area contributed by atoms with E-state index >= 15 is 0 Å². The zero-order valence-electron chi connectivity index (χ0n) is 8.80. The van der Waals surface area contributed by atoms with Crippen LogP contribution in [0.4, 0.5) is 0 Å². The fraction of sp³-hybridized carbons (Fsp3) is 1.00. The molecule has 0 saturated heterocycles. The molecular formula is C10H22Te2. The van der Waals surface area contributed by atoms with Gasteiger partial charge in [-0.05, 0) is 0 Å². The van der Waals surface area contributed by atoms with Gasteiger partial charge in [0.25, 0.3) is 0 Å². The first-order valence-corrected chi connectivity index (χ1v) is 15.5. The van der Waals surface area contributed by atoms with Crippen molar-refractivity contribution in [3.05, 3.63) is 0 Å². The van der Waals surface area contributed by atoms with Gasteiger partial charge in [-0.3, -0.25) is 0 Å². The van der Waals surface area contributed by atoms with Crippen molar-refractivity contribution < 1.29 is 0 Å². The summed E-state index contributed by atoms with van der Waals surface area (Å²) < 4.78 is 3.26. The van der Waals surface area contributed by atoms with Crippen molar-refractivity contribution in [2.24, 2.45) is 11.8 Å². The molecular weight excluding hydrogens is 375 g/mol. The van der Waals surface area contributed by atoms with Crippen molar-refractivity contribution in [1.82, 2.24) is 0 Å². The van der Waals surface area contributed by atoms with Gasteiger partial charge in [-0.1, -0.05) is 0 Å². The Morgan fingerprint density at radius 1 is 0.750 bits per heavy atom. The fourth-order valence-corrected chi connectivity index (χ4v) is 12.8. The van der Waals surface area contributed by atoms with E-state index in [1.54, 1.807) is 8.94 Å². The number of hydrogen-bond acceptors (Lipinski definition) is 0. The van der Waals surface area contributed by atoms with Crippen molar-refractivity contribution >= 4 is 34.1 Å². The predicted octanol–water partition coefficient (Wildman–Crippen LogP) is 3.24. The van der Waals surface area contributed by atoms with Crippen LogP contribution in [0.1, 0.15) is 40.5 Å². The Balaban J connectivity index is 2.91. The molecule has 0 unspecified atom stereocenters. The molecule has 0 atom stereocenters. The second-order valence-electron chi connectivity index (χ2n) is 4.01. The quantitative estimate of drug-likeness (QED) is 0.457. The van der Waals surface area contributed by atoms with Crippen LogP contribution in [0.5, 0.6) is 0 Å². The number of hydrogen-bond donors (Lipinski definition) is 0. The molecule has 0 aromatic rings. The van der Waals surface area contributed by atoms with Gasteiger partial charge in [-0.25, -0.2) is 0 Å². The first kappa shape index (κ1) is 13.6. The molecule has 0 aromatic carbocycles. The van der Waals surface area contributed by atoms with Gasteiger partial charge in [-0.2, -0.15) is 0 Å². The Kier molecular flexibility index (Phi) is 10.4. The Morgan fingerprint density at radius 2 is 1.08 bits per heavy atom. The van der Waals surface area contributed by atoms with Gasteiger partial charge in [-0.15, -0.1) is 0 Å². The van der Waals surface area contributed by atoms with E-state index in [2.05, 4.69) is 27.7 Å². The van der Waals surface area contributed by atoms with Gasteiger partial charge in [0, 0.05) is 0 Å². The van der Waals surface area contributed by atoms with Crippen LogP contribution in [-0.4, -0.2) is 34.1 Å². The molecule has 0 aliphatic heterocycles. The van der Waals surface area contributed by atoms with Crippen molar-refractivity contribution in [3.63, 3.8) is 0 Å². The minimum absolute atomic E-state index is 0.527. The fourth-order valence-electron chi connectivity index (χ4n) is 0.685. The molecule has 0 saturated carbocycles. The third-order valence-electron chi connectivity index (χ3n) is 1.64. The summed E-state index contributed by atoms with van der Waals surface area (Å²) in [5.74, 6) is 1.90.